The van der Waals surface area contributed by atoms with Crippen LogP contribution in [0, 0.1) is 0 Å². The molecule has 3 N–H and O–H groups in total. The van der Waals surface area contributed by atoms with Crippen molar-refractivity contribution in [2.45, 2.75) is 38.8 Å². The van der Waals surface area contributed by atoms with Gasteiger partial charge in [0, 0.05) is 13.1 Å². The van der Waals surface area contributed by atoms with Gasteiger partial charge >= 0.3 is 0 Å². The number of benzene rings is 1. The predicted molar refractivity (Wildman–Crippen MR) is 74.8 cm³/mol. The van der Waals surface area contributed by atoms with Crippen LogP contribution in [-0.4, -0.2) is 24.2 Å². The fraction of sp³-hybridized carbons (Fsp3) is 0.533. The van der Waals surface area contributed by atoms with Gasteiger partial charge in [0.2, 0.25) is 5.91 Å². The molecule has 4 nitrogen and oxygen atoms in total. The van der Waals surface area contributed by atoms with Crippen LogP contribution in [0.4, 0.5) is 0 Å². The summed E-state index contributed by atoms with van der Waals surface area (Å²) >= 11 is 0. The zero-order valence-electron chi connectivity index (χ0n) is 11.8. The molecule has 104 valence electrons. The van der Waals surface area contributed by atoms with Crippen LogP contribution < -0.4 is 10.6 Å². The van der Waals surface area contributed by atoms with Crippen LogP contribution in [0.5, 0.6) is 0 Å². The van der Waals surface area contributed by atoms with Crippen LogP contribution in [0.2, 0.25) is 0 Å². The summed E-state index contributed by atoms with van der Waals surface area (Å²) in [5, 5.41) is 15.0. The summed E-state index contributed by atoms with van der Waals surface area (Å²) in [6.45, 7) is 7.63. The molecule has 1 aliphatic rings. The third-order valence-electron chi connectivity index (χ3n) is 3.53. The van der Waals surface area contributed by atoms with Crippen molar-refractivity contribution in [2.24, 2.45) is 0 Å². The minimum atomic E-state index is -0.466. The molecule has 1 unspecified atom stereocenters. The molecule has 1 heterocycles. The second-order valence-electron chi connectivity index (χ2n) is 6.07. The van der Waals surface area contributed by atoms with E-state index in [1.165, 1.54) is 11.1 Å². The maximum atomic E-state index is 11.3. The third kappa shape index (κ3) is 3.14. The Hall–Kier alpha value is -1.39. The lowest BCUT2D eigenvalue weighted by atomic mass is 9.83. The molecule has 2 rings (SSSR count). The van der Waals surface area contributed by atoms with Crippen LogP contribution in [0.1, 0.15) is 43.5 Å². The fourth-order valence-corrected chi connectivity index (χ4v) is 2.40. The van der Waals surface area contributed by atoms with Gasteiger partial charge in [-0.2, -0.15) is 0 Å². The van der Waals surface area contributed by atoms with Crippen molar-refractivity contribution in [3.05, 3.63) is 34.9 Å². The molecule has 1 amide bonds. The van der Waals surface area contributed by atoms with Crippen molar-refractivity contribution in [2.75, 3.05) is 13.2 Å². The number of hydrogen-bond acceptors (Lipinski definition) is 3. The number of carbonyl (C=O) groups is 1. The molecule has 1 aromatic rings. The van der Waals surface area contributed by atoms with Gasteiger partial charge in [0.15, 0.2) is 0 Å². The molecule has 0 aliphatic carbocycles. The number of rotatable bonds is 2. The zero-order chi connectivity index (χ0) is 14.0. The van der Waals surface area contributed by atoms with Crippen molar-refractivity contribution in [1.82, 2.24) is 10.6 Å². The summed E-state index contributed by atoms with van der Waals surface area (Å²) in [5.74, 6) is -0.334. The zero-order valence-corrected chi connectivity index (χ0v) is 11.8. The van der Waals surface area contributed by atoms with E-state index in [9.17, 15) is 4.79 Å². The number of nitrogens with one attached hydrogen (secondary N) is 2. The van der Waals surface area contributed by atoms with Gasteiger partial charge in [-0.25, -0.2) is 0 Å². The van der Waals surface area contributed by atoms with Crippen molar-refractivity contribution in [3.63, 3.8) is 0 Å². The summed E-state index contributed by atoms with van der Waals surface area (Å²) in [6, 6.07) is 6.37. The highest BCUT2D eigenvalue weighted by atomic mass is 16.3. The van der Waals surface area contributed by atoms with E-state index in [0.717, 1.165) is 12.1 Å². The molecule has 4 heteroatoms. The highest BCUT2D eigenvalue weighted by Gasteiger charge is 2.23. The topological polar surface area (TPSA) is 61.4 Å². The molecular weight excluding hydrogens is 240 g/mol. The van der Waals surface area contributed by atoms with Gasteiger partial charge in [0.25, 0.3) is 0 Å². The maximum Gasteiger partial charge on any atom is 0.246 e. The second-order valence-corrected chi connectivity index (χ2v) is 6.07. The van der Waals surface area contributed by atoms with Crippen molar-refractivity contribution >= 4 is 5.91 Å². The van der Waals surface area contributed by atoms with Crippen LogP contribution in [-0.2, 0) is 16.8 Å². The number of fused-ring (bicyclic) bond motifs is 1. The SMILES string of the molecule is CC(C)(C)c1ccc2c(c1)CNCC2NC(=O)CO. The average molecular weight is 262 g/mol. The highest BCUT2D eigenvalue weighted by Crippen LogP contribution is 2.28. The number of amides is 1. The molecule has 0 aromatic heterocycles. The number of hydrogen-bond donors (Lipinski definition) is 3. The summed E-state index contributed by atoms with van der Waals surface area (Å²) in [7, 11) is 0. The lowest BCUT2D eigenvalue weighted by molar-refractivity contribution is -0.124. The Morgan fingerprint density at radius 3 is 2.84 bits per heavy atom. The molecule has 1 aliphatic heterocycles. The smallest absolute Gasteiger partial charge is 0.246 e. The highest BCUT2D eigenvalue weighted by molar-refractivity contribution is 5.77. The van der Waals surface area contributed by atoms with Crippen LogP contribution in [0.25, 0.3) is 0 Å². The standard InChI is InChI=1S/C15H22N2O2/c1-15(2,3)11-4-5-12-10(6-11)7-16-8-13(12)17-14(19)9-18/h4-6,13,16,18H,7-9H2,1-3H3,(H,17,19). The Labute approximate surface area is 114 Å². The summed E-state index contributed by atoms with van der Waals surface area (Å²) in [4.78, 5) is 11.3. The van der Waals surface area contributed by atoms with E-state index in [1.54, 1.807) is 0 Å². The van der Waals surface area contributed by atoms with E-state index in [0.29, 0.717) is 6.54 Å². The van der Waals surface area contributed by atoms with Crippen LogP contribution in [0.15, 0.2) is 18.2 Å². The molecule has 1 aromatic carbocycles. The molecule has 0 bridgehead atoms. The van der Waals surface area contributed by atoms with E-state index < -0.39 is 6.61 Å². The first kappa shape index (κ1) is 14.0. The minimum Gasteiger partial charge on any atom is -0.387 e. The lowest BCUT2D eigenvalue weighted by Crippen LogP contribution is -2.40. The summed E-state index contributed by atoms with van der Waals surface area (Å²) < 4.78 is 0. The average Bonchev–Trinajstić information content (AvgIpc) is 2.37. The Balaban J connectivity index is 2.28. The Kier molecular flexibility index (Phi) is 3.92. The monoisotopic (exact) mass is 262 g/mol. The van der Waals surface area contributed by atoms with E-state index in [4.69, 9.17) is 5.11 Å². The molecule has 0 fully saturated rings. The summed E-state index contributed by atoms with van der Waals surface area (Å²) in [5.41, 5.74) is 3.79. The van der Waals surface area contributed by atoms with E-state index in [-0.39, 0.29) is 17.4 Å². The molecule has 19 heavy (non-hydrogen) atoms. The van der Waals surface area contributed by atoms with E-state index >= 15 is 0 Å². The first-order valence-corrected chi connectivity index (χ1v) is 6.66. The maximum absolute atomic E-state index is 11.3. The molecule has 0 spiro atoms. The Bertz CT molecular complexity index is 478. The van der Waals surface area contributed by atoms with E-state index in [2.05, 4.69) is 49.6 Å². The van der Waals surface area contributed by atoms with Crippen molar-refractivity contribution < 1.29 is 9.90 Å². The largest absolute Gasteiger partial charge is 0.387 e. The summed E-state index contributed by atoms with van der Waals surface area (Å²) in [6.07, 6.45) is 0. The van der Waals surface area contributed by atoms with Gasteiger partial charge in [0.1, 0.15) is 6.61 Å². The molecule has 0 saturated heterocycles. The Morgan fingerprint density at radius 1 is 1.47 bits per heavy atom. The normalized spacial score (nSPS) is 18.8. The fourth-order valence-electron chi connectivity index (χ4n) is 2.40. The number of aliphatic hydroxyl groups excluding tert-OH is 1. The van der Waals surface area contributed by atoms with Crippen molar-refractivity contribution in [1.29, 1.82) is 0 Å². The predicted octanol–water partition coefficient (Wildman–Crippen LogP) is 1.24. The second kappa shape index (κ2) is 5.31. The molecule has 1 atom stereocenters. The molecule has 0 radical (unpaired) electrons. The Morgan fingerprint density at radius 2 is 2.21 bits per heavy atom. The van der Waals surface area contributed by atoms with Crippen LogP contribution >= 0.6 is 0 Å². The first-order valence-electron chi connectivity index (χ1n) is 6.66. The lowest BCUT2D eigenvalue weighted by Gasteiger charge is -2.29. The molecular formula is C15H22N2O2. The van der Waals surface area contributed by atoms with Crippen LogP contribution in [0.3, 0.4) is 0 Å². The van der Waals surface area contributed by atoms with Gasteiger partial charge in [-0.3, -0.25) is 4.79 Å². The minimum absolute atomic E-state index is 0.0579. The van der Waals surface area contributed by atoms with Gasteiger partial charge in [-0.15, -0.1) is 0 Å². The van der Waals surface area contributed by atoms with Gasteiger partial charge in [-0.1, -0.05) is 39.0 Å². The first-order chi connectivity index (χ1) is 8.91. The number of carbonyl (C=O) groups excluding carboxylic acids is 1. The van der Waals surface area contributed by atoms with Crippen molar-refractivity contribution in [3.8, 4) is 0 Å². The van der Waals surface area contributed by atoms with Gasteiger partial charge < -0.3 is 15.7 Å². The third-order valence-corrected chi connectivity index (χ3v) is 3.53. The van der Waals surface area contributed by atoms with Gasteiger partial charge in [-0.05, 0) is 22.1 Å². The van der Waals surface area contributed by atoms with Gasteiger partial charge in [0.05, 0.1) is 6.04 Å². The number of aliphatic hydroxyl groups is 1. The molecule has 0 saturated carbocycles. The quantitative estimate of drug-likeness (QED) is 0.751. The van der Waals surface area contributed by atoms with E-state index in [1.807, 2.05) is 0 Å².